The third kappa shape index (κ3) is 4.08. The molecule has 18 heavy (non-hydrogen) atoms. The highest BCUT2D eigenvalue weighted by Gasteiger charge is 2.18. The zero-order valence-electron chi connectivity index (χ0n) is 10.4. The molecule has 0 radical (unpaired) electrons. The lowest BCUT2D eigenvalue weighted by atomic mass is 10.3. The van der Waals surface area contributed by atoms with Crippen LogP contribution in [0.2, 0.25) is 0 Å². The number of ether oxygens (including phenoxy) is 1. The summed E-state index contributed by atoms with van der Waals surface area (Å²) >= 11 is 3.36. The first-order valence-electron chi connectivity index (χ1n) is 6.03. The molecule has 1 aliphatic heterocycles. The Hall–Kier alpha value is -0.910. The number of nitrogens with one attached hydrogen (secondary N) is 1. The third-order valence-electron chi connectivity index (χ3n) is 2.82. The molecule has 0 unspecified atom stereocenters. The fourth-order valence-electron chi connectivity index (χ4n) is 1.97. The molecule has 2 rings (SSSR count). The molecule has 98 valence electrons. The van der Waals surface area contributed by atoms with Gasteiger partial charge in [0.1, 0.15) is 0 Å². The van der Waals surface area contributed by atoms with Gasteiger partial charge in [0.05, 0.1) is 19.3 Å². The Kier molecular flexibility index (Phi) is 4.74. The molecule has 5 heteroatoms. The predicted molar refractivity (Wildman–Crippen MR) is 74.6 cm³/mol. The minimum atomic E-state index is 0.0198. The number of carbonyl (C=O) groups excluding carboxylic acids is 1. The van der Waals surface area contributed by atoms with Gasteiger partial charge < -0.3 is 10.1 Å². The normalized spacial score (nSPS) is 20.7. The number of nitrogens with zero attached hydrogens (tertiary/aromatic N) is 1. The molecule has 1 amide bonds. The van der Waals surface area contributed by atoms with E-state index in [2.05, 4.69) is 26.1 Å². The first-order chi connectivity index (χ1) is 8.63. The van der Waals surface area contributed by atoms with E-state index in [1.807, 2.05) is 31.2 Å². The van der Waals surface area contributed by atoms with Crippen molar-refractivity contribution in [1.82, 2.24) is 4.90 Å². The van der Waals surface area contributed by atoms with E-state index in [1.165, 1.54) is 0 Å². The van der Waals surface area contributed by atoms with E-state index >= 15 is 0 Å². The van der Waals surface area contributed by atoms with Gasteiger partial charge in [-0.05, 0) is 31.2 Å². The Morgan fingerprint density at radius 3 is 2.89 bits per heavy atom. The van der Waals surface area contributed by atoms with Crippen LogP contribution < -0.4 is 5.32 Å². The monoisotopic (exact) mass is 312 g/mol. The zero-order chi connectivity index (χ0) is 13.0. The van der Waals surface area contributed by atoms with E-state index in [0.29, 0.717) is 13.2 Å². The summed E-state index contributed by atoms with van der Waals surface area (Å²) in [5.41, 5.74) is 0.824. The lowest BCUT2D eigenvalue weighted by Crippen LogP contribution is -2.44. The van der Waals surface area contributed by atoms with Crippen LogP contribution >= 0.6 is 15.9 Å². The maximum Gasteiger partial charge on any atom is 0.238 e. The van der Waals surface area contributed by atoms with E-state index in [-0.39, 0.29) is 12.0 Å². The molecule has 1 atom stereocenters. The van der Waals surface area contributed by atoms with Crippen molar-refractivity contribution >= 4 is 27.5 Å². The highest BCUT2D eigenvalue weighted by atomic mass is 79.9. The lowest BCUT2D eigenvalue weighted by molar-refractivity contribution is -0.119. The summed E-state index contributed by atoms with van der Waals surface area (Å²) < 4.78 is 6.44. The maximum absolute atomic E-state index is 11.9. The van der Waals surface area contributed by atoms with Crippen molar-refractivity contribution < 1.29 is 9.53 Å². The number of morpholine rings is 1. The summed E-state index contributed by atoms with van der Waals surface area (Å²) in [7, 11) is 0. The van der Waals surface area contributed by atoms with Crippen molar-refractivity contribution in [2.75, 3.05) is 31.6 Å². The van der Waals surface area contributed by atoms with Crippen molar-refractivity contribution in [3.8, 4) is 0 Å². The lowest BCUT2D eigenvalue weighted by Gasteiger charge is -2.30. The smallest absolute Gasteiger partial charge is 0.238 e. The standard InChI is InChI=1S/C13H17BrN2O2/c1-10-8-16(6-7-18-10)9-13(17)15-12-4-2-11(14)3-5-12/h2-5,10H,6-9H2,1H3,(H,15,17)/t10-/m1/s1. The summed E-state index contributed by atoms with van der Waals surface area (Å²) in [6, 6.07) is 7.58. The van der Waals surface area contributed by atoms with Crippen LogP contribution in [0.15, 0.2) is 28.7 Å². The van der Waals surface area contributed by atoms with Gasteiger partial charge in [0.2, 0.25) is 5.91 Å². The van der Waals surface area contributed by atoms with E-state index in [1.54, 1.807) is 0 Å². The zero-order valence-corrected chi connectivity index (χ0v) is 11.9. The van der Waals surface area contributed by atoms with Crippen molar-refractivity contribution in [2.24, 2.45) is 0 Å². The Bertz CT molecular complexity index is 408. The van der Waals surface area contributed by atoms with Crippen molar-refractivity contribution in [3.05, 3.63) is 28.7 Å². The summed E-state index contributed by atoms with van der Waals surface area (Å²) in [6.45, 7) is 4.78. The Morgan fingerprint density at radius 1 is 1.50 bits per heavy atom. The number of amides is 1. The molecule has 1 fully saturated rings. The fraction of sp³-hybridized carbons (Fsp3) is 0.462. The van der Waals surface area contributed by atoms with Crippen LogP contribution in [0.5, 0.6) is 0 Å². The van der Waals surface area contributed by atoms with Gasteiger partial charge in [0.15, 0.2) is 0 Å². The topological polar surface area (TPSA) is 41.6 Å². The predicted octanol–water partition coefficient (Wildman–Crippen LogP) is 2.11. The minimum absolute atomic E-state index is 0.0198. The van der Waals surface area contributed by atoms with Crippen LogP contribution in [0.25, 0.3) is 0 Å². The van der Waals surface area contributed by atoms with E-state index in [0.717, 1.165) is 23.2 Å². The summed E-state index contributed by atoms with van der Waals surface area (Å²) in [6.07, 6.45) is 0.208. The van der Waals surface area contributed by atoms with E-state index in [9.17, 15) is 4.79 Å². The van der Waals surface area contributed by atoms with Gasteiger partial charge in [0, 0.05) is 23.2 Å². The Balaban J connectivity index is 1.83. The molecule has 0 spiro atoms. The van der Waals surface area contributed by atoms with Gasteiger partial charge in [0.25, 0.3) is 0 Å². The molecule has 0 aromatic heterocycles. The molecule has 1 aromatic carbocycles. The van der Waals surface area contributed by atoms with Crippen molar-refractivity contribution in [3.63, 3.8) is 0 Å². The molecule has 1 heterocycles. The quantitative estimate of drug-likeness (QED) is 0.929. The molecule has 1 N–H and O–H groups in total. The van der Waals surface area contributed by atoms with Gasteiger partial charge in [-0.2, -0.15) is 0 Å². The number of halogens is 1. The average molecular weight is 313 g/mol. The van der Waals surface area contributed by atoms with Crippen LogP contribution in [-0.2, 0) is 9.53 Å². The molecule has 4 nitrogen and oxygen atoms in total. The summed E-state index contributed by atoms with van der Waals surface area (Å²) in [5, 5.41) is 2.89. The molecule has 1 saturated heterocycles. The second-order valence-corrected chi connectivity index (χ2v) is 5.39. The Morgan fingerprint density at radius 2 is 2.22 bits per heavy atom. The highest BCUT2D eigenvalue weighted by Crippen LogP contribution is 2.14. The number of hydrogen-bond acceptors (Lipinski definition) is 3. The highest BCUT2D eigenvalue weighted by molar-refractivity contribution is 9.10. The Labute approximate surface area is 115 Å². The van der Waals surface area contributed by atoms with Crippen LogP contribution in [0, 0.1) is 0 Å². The number of carbonyl (C=O) groups is 1. The second kappa shape index (κ2) is 6.31. The molecule has 0 bridgehead atoms. The largest absolute Gasteiger partial charge is 0.376 e. The molecule has 0 saturated carbocycles. The van der Waals surface area contributed by atoms with Gasteiger partial charge in [-0.1, -0.05) is 15.9 Å². The van der Waals surface area contributed by atoms with Gasteiger partial charge in [-0.15, -0.1) is 0 Å². The van der Waals surface area contributed by atoms with Gasteiger partial charge in [-0.25, -0.2) is 0 Å². The van der Waals surface area contributed by atoms with Crippen LogP contribution in [0.1, 0.15) is 6.92 Å². The summed E-state index contributed by atoms with van der Waals surface area (Å²) in [5.74, 6) is 0.0198. The molecule has 0 aliphatic carbocycles. The number of anilines is 1. The fourth-order valence-corrected chi connectivity index (χ4v) is 2.24. The average Bonchev–Trinajstić information content (AvgIpc) is 2.32. The van der Waals surface area contributed by atoms with Crippen LogP contribution in [0.4, 0.5) is 5.69 Å². The van der Waals surface area contributed by atoms with Crippen LogP contribution in [0.3, 0.4) is 0 Å². The summed E-state index contributed by atoms with van der Waals surface area (Å²) in [4.78, 5) is 14.0. The second-order valence-electron chi connectivity index (χ2n) is 4.47. The third-order valence-corrected chi connectivity index (χ3v) is 3.35. The molecule has 1 aromatic rings. The first kappa shape index (κ1) is 13.5. The van der Waals surface area contributed by atoms with Crippen molar-refractivity contribution in [2.45, 2.75) is 13.0 Å². The first-order valence-corrected chi connectivity index (χ1v) is 6.82. The SMILES string of the molecule is C[C@@H]1CN(CC(=O)Nc2ccc(Br)cc2)CCO1. The van der Waals surface area contributed by atoms with E-state index in [4.69, 9.17) is 4.74 Å². The number of rotatable bonds is 3. The number of benzene rings is 1. The molecular formula is C13H17BrN2O2. The molecule has 1 aliphatic rings. The van der Waals surface area contributed by atoms with Crippen molar-refractivity contribution in [1.29, 1.82) is 0 Å². The van der Waals surface area contributed by atoms with Gasteiger partial charge >= 0.3 is 0 Å². The number of hydrogen-bond donors (Lipinski definition) is 1. The van der Waals surface area contributed by atoms with Crippen LogP contribution in [-0.4, -0.2) is 43.2 Å². The minimum Gasteiger partial charge on any atom is -0.376 e. The van der Waals surface area contributed by atoms with E-state index < -0.39 is 0 Å². The molecular weight excluding hydrogens is 296 g/mol. The van der Waals surface area contributed by atoms with Gasteiger partial charge in [-0.3, -0.25) is 9.69 Å². The maximum atomic E-state index is 11.9.